The van der Waals surface area contributed by atoms with Crippen LogP contribution in [0.15, 0.2) is 98.8 Å². The molecule has 0 N–H and O–H groups in total. The minimum atomic E-state index is -0.709. The number of methoxy groups -OCH3 is 1. The molecular weight excluding hydrogens is 586 g/mol. The second-order valence-corrected chi connectivity index (χ2v) is 10.8. The van der Waals surface area contributed by atoms with Crippen molar-refractivity contribution in [3.63, 3.8) is 0 Å². The van der Waals surface area contributed by atoms with E-state index in [0.29, 0.717) is 40.1 Å². The third-order valence-electron chi connectivity index (χ3n) is 7.62. The highest BCUT2D eigenvalue weighted by Crippen LogP contribution is 2.26. The van der Waals surface area contributed by atoms with Crippen molar-refractivity contribution >= 4 is 27.6 Å². The highest BCUT2D eigenvalue weighted by molar-refractivity contribution is 5.94. The molecule has 0 aliphatic rings. The highest BCUT2D eigenvalue weighted by atomic mass is 16.5. The highest BCUT2D eigenvalue weighted by Gasteiger charge is 2.18. The van der Waals surface area contributed by atoms with Crippen LogP contribution in [0.2, 0.25) is 0 Å². The Morgan fingerprint density at radius 1 is 0.761 bits per heavy atom. The molecule has 0 radical (unpaired) electrons. The largest absolute Gasteiger partial charge is 0.489 e. The van der Waals surface area contributed by atoms with Crippen LogP contribution in [0, 0.1) is 13.8 Å². The second kappa shape index (κ2) is 11.8. The molecule has 11 heteroatoms. The number of fused-ring (bicyclic) bond motifs is 2. The first-order chi connectivity index (χ1) is 22.3. The van der Waals surface area contributed by atoms with Crippen molar-refractivity contribution in [3.05, 3.63) is 124 Å². The van der Waals surface area contributed by atoms with Gasteiger partial charge in [0, 0.05) is 30.4 Å². The van der Waals surface area contributed by atoms with Crippen LogP contribution in [0.4, 0.5) is 0 Å². The number of aryl methyl sites for hydroxylation is 2. The molecule has 7 rings (SSSR count). The number of benzene rings is 4. The van der Waals surface area contributed by atoms with Crippen LogP contribution in [-0.4, -0.2) is 37.9 Å². The van der Waals surface area contributed by atoms with Crippen molar-refractivity contribution in [1.29, 1.82) is 0 Å². The predicted octanol–water partition coefficient (Wildman–Crippen LogP) is 6.29. The second-order valence-electron chi connectivity index (χ2n) is 10.8. The lowest BCUT2D eigenvalue weighted by Crippen LogP contribution is -2.27. The SMILES string of the molecule is COC(=O)c1cc2cc(OCc3cccc(-c4noc(C)n4)c3)ccc2n(Cc2ccc3ccc(-c4noc(C)n4)cc3c2)c1=O. The number of hydrogen-bond acceptors (Lipinski definition) is 10. The normalized spacial score (nSPS) is 11.3. The zero-order chi connectivity index (χ0) is 31.8. The summed E-state index contributed by atoms with van der Waals surface area (Å²) in [5.41, 5.74) is 3.56. The zero-order valence-electron chi connectivity index (χ0n) is 25.2. The van der Waals surface area contributed by atoms with Gasteiger partial charge in [0.05, 0.1) is 19.2 Å². The molecule has 0 amide bonds. The molecule has 7 aromatic rings. The topological polar surface area (TPSA) is 135 Å². The Morgan fingerprint density at radius 3 is 2.22 bits per heavy atom. The van der Waals surface area contributed by atoms with E-state index in [2.05, 4.69) is 20.3 Å². The molecule has 0 atom stereocenters. The van der Waals surface area contributed by atoms with Crippen LogP contribution >= 0.6 is 0 Å². The maximum absolute atomic E-state index is 13.6. The maximum atomic E-state index is 13.6. The van der Waals surface area contributed by atoms with Crippen LogP contribution < -0.4 is 10.3 Å². The van der Waals surface area contributed by atoms with Crippen molar-refractivity contribution in [2.24, 2.45) is 0 Å². The fourth-order valence-corrected chi connectivity index (χ4v) is 5.39. The molecule has 11 nitrogen and oxygen atoms in total. The van der Waals surface area contributed by atoms with Crippen molar-refractivity contribution in [2.75, 3.05) is 7.11 Å². The number of hydrogen-bond donors (Lipinski definition) is 0. The number of carbonyl (C=O) groups is 1. The molecule has 0 aliphatic carbocycles. The van der Waals surface area contributed by atoms with E-state index in [1.54, 1.807) is 24.5 Å². The van der Waals surface area contributed by atoms with Gasteiger partial charge in [0.15, 0.2) is 0 Å². The number of pyridine rings is 1. The van der Waals surface area contributed by atoms with E-state index in [-0.39, 0.29) is 18.7 Å². The Bertz CT molecular complexity index is 2320. The molecule has 46 heavy (non-hydrogen) atoms. The van der Waals surface area contributed by atoms with Gasteiger partial charge in [-0.3, -0.25) is 4.79 Å². The molecule has 0 spiro atoms. The van der Waals surface area contributed by atoms with Gasteiger partial charge in [0.1, 0.15) is 17.9 Å². The summed E-state index contributed by atoms with van der Waals surface area (Å²) in [6.07, 6.45) is 0. The summed E-state index contributed by atoms with van der Waals surface area (Å²) in [4.78, 5) is 34.9. The zero-order valence-corrected chi connectivity index (χ0v) is 25.2. The number of rotatable bonds is 8. The van der Waals surface area contributed by atoms with Gasteiger partial charge in [-0.25, -0.2) is 4.79 Å². The van der Waals surface area contributed by atoms with Gasteiger partial charge in [0.25, 0.3) is 5.56 Å². The van der Waals surface area contributed by atoms with E-state index in [1.807, 2.05) is 78.9 Å². The van der Waals surface area contributed by atoms with Crippen LogP contribution in [0.1, 0.15) is 33.3 Å². The van der Waals surface area contributed by atoms with Gasteiger partial charge >= 0.3 is 5.97 Å². The van der Waals surface area contributed by atoms with Gasteiger partial charge in [0.2, 0.25) is 23.4 Å². The monoisotopic (exact) mass is 613 g/mol. The van der Waals surface area contributed by atoms with E-state index in [1.165, 1.54) is 7.11 Å². The van der Waals surface area contributed by atoms with Crippen LogP contribution in [0.25, 0.3) is 44.5 Å². The molecule has 0 bridgehead atoms. The maximum Gasteiger partial charge on any atom is 0.343 e. The molecule has 3 aromatic heterocycles. The Kier molecular flexibility index (Phi) is 7.33. The first-order valence-corrected chi connectivity index (χ1v) is 14.5. The van der Waals surface area contributed by atoms with E-state index in [4.69, 9.17) is 18.5 Å². The minimum Gasteiger partial charge on any atom is -0.489 e. The predicted molar refractivity (Wildman–Crippen MR) is 169 cm³/mol. The average molecular weight is 614 g/mol. The molecular formula is C35H27N5O6. The molecule has 0 fully saturated rings. The minimum absolute atomic E-state index is 0.0641. The lowest BCUT2D eigenvalue weighted by Gasteiger charge is -2.15. The molecule has 228 valence electrons. The molecule has 0 saturated carbocycles. The number of aromatic nitrogens is 5. The van der Waals surface area contributed by atoms with Crippen LogP contribution in [0.5, 0.6) is 5.75 Å². The quantitative estimate of drug-likeness (QED) is 0.180. The Balaban J connectivity index is 1.21. The summed E-state index contributed by atoms with van der Waals surface area (Å²) in [5, 5.41) is 10.6. The first kappa shape index (κ1) is 28.7. The summed E-state index contributed by atoms with van der Waals surface area (Å²) < 4.78 is 22.9. The fraction of sp³-hybridized carbons (Fsp3) is 0.143. The summed E-state index contributed by atoms with van der Waals surface area (Å²) in [6.45, 7) is 3.99. The Hall–Kier alpha value is -6.10. The van der Waals surface area contributed by atoms with Crippen molar-refractivity contribution in [2.45, 2.75) is 27.0 Å². The van der Waals surface area contributed by atoms with Gasteiger partial charge in [-0.1, -0.05) is 52.8 Å². The number of nitrogens with zero attached hydrogens (tertiary/aromatic N) is 5. The van der Waals surface area contributed by atoms with Gasteiger partial charge < -0.3 is 23.1 Å². The lowest BCUT2D eigenvalue weighted by atomic mass is 10.0. The Morgan fingerprint density at radius 2 is 1.50 bits per heavy atom. The summed E-state index contributed by atoms with van der Waals surface area (Å²) in [5.74, 6) is 1.85. The van der Waals surface area contributed by atoms with E-state index in [9.17, 15) is 9.59 Å². The van der Waals surface area contributed by atoms with E-state index >= 15 is 0 Å². The van der Waals surface area contributed by atoms with Crippen LogP contribution in [-0.2, 0) is 17.9 Å². The standard InChI is InChI=1S/C35H27N5O6/c1-20-36-32(38-45-20)25-6-4-5-23(14-25)19-44-29-11-12-31-28(16-29)17-30(35(42)43-3)34(41)40(31)18-22-7-8-24-9-10-26(15-27(24)13-22)33-37-21(2)46-39-33/h4-17H,18-19H2,1-3H3. The van der Waals surface area contributed by atoms with Crippen molar-refractivity contribution in [1.82, 2.24) is 24.8 Å². The van der Waals surface area contributed by atoms with E-state index in [0.717, 1.165) is 33.0 Å². The van der Waals surface area contributed by atoms with Crippen molar-refractivity contribution < 1.29 is 23.3 Å². The summed E-state index contributed by atoms with van der Waals surface area (Å²) in [7, 11) is 1.26. The summed E-state index contributed by atoms with van der Waals surface area (Å²) >= 11 is 0. The Labute approximate surface area is 262 Å². The first-order valence-electron chi connectivity index (χ1n) is 14.5. The molecule has 3 heterocycles. The molecule has 0 unspecified atom stereocenters. The molecule has 0 aliphatic heterocycles. The van der Waals surface area contributed by atoms with Crippen molar-refractivity contribution in [3.8, 4) is 28.5 Å². The lowest BCUT2D eigenvalue weighted by molar-refractivity contribution is 0.0598. The average Bonchev–Trinajstić information content (AvgIpc) is 3.72. The fourth-order valence-electron chi connectivity index (χ4n) is 5.39. The van der Waals surface area contributed by atoms with Gasteiger partial charge in [-0.15, -0.1) is 0 Å². The number of ether oxygens (including phenoxy) is 2. The van der Waals surface area contributed by atoms with Gasteiger partial charge in [-0.05, 0) is 64.4 Å². The smallest absolute Gasteiger partial charge is 0.343 e. The van der Waals surface area contributed by atoms with Crippen LogP contribution in [0.3, 0.4) is 0 Å². The molecule has 4 aromatic carbocycles. The number of esters is 1. The third-order valence-corrected chi connectivity index (χ3v) is 7.62. The van der Waals surface area contributed by atoms with E-state index < -0.39 is 11.5 Å². The summed E-state index contributed by atoms with van der Waals surface area (Å²) in [6, 6.07) is 26.6. The van der Waals surface area contributed by atoms with Gasteiger partial charge in [-0.2, -0.15) is 9.97 Å². The molecule has 0 saturated heterocycles. The number of carbonyl (C=O) groups excluding carboxylic acids is 1. The third kappa shape index (κ3) is 5.61.